The number of carbonyl (C=O) groups excluding carboxylic acids is 2. The Balaban J connectivity index is 1.93. The number of ketones is 1. The van der Waals surface area contributed by atoms with Crippen LogP contribution in [-0.2, 0) is 22.4 Å². The van der Waals surface area contributed by atoms with Crippen LogP contribution in [-0.4, -0.2) is 35.3 Å². The first kappa shape index (κ1) is 24.9. The molecule has 2 aromatic rings. The monoisotopic (exact) mass is 438 g/mol. The number of amides is 1. The van der Waals surface area contributed by atoms with Crippen molar-refractivity contribution in [3.8, 4) is 5.75 Å². The lowest BCUT2D eigenvalue weighted by Gasteiger charge is -2.18. The molecule has 0 bridgehead atoms. The van der Waals surface area contributed by atoms with Gasteiger partial charge < -0.3 is 21.9 Å². The first-order valence-electron chi connectivity index (χ1n) is 10.9. The second-order valence-electron chi connectivity index (χ2n) is 8.28. The van der Waals surface area contributed by atoms with E-state index in [9.17, 15) is 14.7 Å². The molecule has 0 fully saturated rings. The van der Waals surface area contributed by atoms with Gasteiger partial charge in [0.15, 0.2) is 11.7 Å². The number of aryl methyl sites for hydroxylation is 3. The number of hydrogen-bond donors (Lipinski definition) is 4. The second kappa shape index (κ2) is 11.9. The van der Waals surface area contributed by atoms with E-state index < -0.39 is 12.0 Å². The van der Waals surface area contributed by atoms with Crippen LogP contribution in [0.1, 0.15) is 42.0 Å². The average molecular weight is 439 g/mol. The fraction of sp³-hybridized carbons (Fsp3) is 0.400. The highest BCUT2D eigenvalue weighted by Gasteiger charge is 2.25. The summed E-state index contributed by atoms with van der Waals surface area (Å²) in [6, 6.07) is 12.6. The van der Waals surface area contributed by atoms with E-state index in [1.165, 1.54) is 5.56 Å². The SMILES string of the molecule is Cc1cc(O)cc(C)c1C[C@H](N=C(N)N)C(=O)C[C@H](C)C(=O)NCCCc1ccccc1. The first-order valence-corrected chi connectivity index (χ1v) is 10.9. The summed E-state index contributed by atoms with van der Waals surface area (Å²) < 4.78 is 0. The number of nitrogens with zero attached hydrogens (tertiary/aromatic N) is 1. The molecule has 0 aliphatic heterocycles. The number of Topliss-reactive ketones (excluding diaryl/α,β-unsaturated/α-hetero) is 1. The molecule has 0 aliphatic carbocycles. The number of phenols is 1. The van der Waals surface area contributed by atoms with Gasteiger partial charge in [-0.1, -0.05) is 37.3 Å². The van der Waals surface area contributed by atoms with Crippen LogP contribution in [0.2, 0.25) is 0 Å². The molecule has 2 rings (SSSR count). The maximum Gasteiger partial charge on any atom is 0.223 e. The van der Waals surface area contributed by atoms with E-state index in [4.69, 9.17) is 11.5 Å². The molecule has 6 N–H and O–H groups in total. The van der Waals surface area contributed by atoms with Crippen LogP contribution >= 0.6 is 0 Å². The minimum absolute atomic E-state index is 0.0438. The van der Waals surface area contributed by atoms with E-state index in [0.717, 1.165) is 29.5 Å². The molecule has 0 aliphatic rings. The minimum atomic E-state index is -0.782. The van der Waals surface area contributed by atoms with Crippen molar-refractivity contribution < 1.29 is 14.7 Å². The Labute approximate surface area is 189 Å². The van der Waals surface area contributed by atoms with Crippen molar-refractivity contribution in [2.24, 2.45) is 22.4 Å². The van der Waals surface area contributed by atoms with E-state index in [1.54, 1.807) is 19.1 Å². The number of phenolic OH excluding ortho intramolecular Hbond substituents is 1. The molecular weight excluding hydrogens is 404 g/mol. The van der Waals surface area contributed by atoms with Crippen LogP contribution in [0, 0.1) is 19.8 Å². The van der Waals surface area contributed by atoms with Crippen molar-refractivity contribution in [1.29, 1.82) is 0 Å². The van der Waals surface area contributed by atoms with Gasteiger partial charge in [-0.05, 0) is 61.1 Å². The fourth-order valence-corrected chi connectivity index (χ4v) is 3.75. The predicted octanol–water partition coefficient (Wildman–Crippen LogP) is 2.54. The zero-order valence-electron chi connectivity index (χ0n) is 19.1. The first-order chi connectivity index (χ1) is 15.2. The molecule has 32 heavy (non-hydrogen) atoms. The van der Waals surface area contributed by atoms with Gasteiger partial charge in [-0.3, -0.25) is 9.59 Å². The molecule has 0 saturated carbocycles. The quantitative estimate of drug-likeness (QED) is 0.243. The summed E-state index contributed by atoms with van der Waals surface area (Å²) in [6.45, 7) is 6.01. The summed E-state index contributed by atoms with van der Waals surface area (Å²) in [5.41, 5.74) is 15.0. The Hall–Kier alpha value is -3.35. The molecule has 0 unspecified atom stereocenters. The molecule has 0 spiro atoms. The number of aliphatic imine (C=N–C) groups is 1. The number of aromatic hydroxyl groups is 1. The largest absolute Gasteiger partial charge is 0.508 e. The van der Waals surface area contributed by atoms with E-state index in [1.807, 2.05) is 32.0 Å². The topological polar surface area (TPSA) is 131 Å². The van der Waals surface area contributed by atoms with Crippen molar-refractivity contribution in [2.45, 2.75) is 52.5 Å². The minimum Gasteiger partial charge on any atom is -0.508 e. The number of guanidine groups is 1. The van der Waals surface area contributed by atoms with Crippen molar-refractivity contribution in [1.82, 2.24) is 5.32 Å². The van der Waals surface area contributed by atoms with E-state index in [2.05, 4.69) is 22.4 Å². The lowest BCUT2D eigenvalue weighted by Crippen LogP contribution is -2.35. The van der Waals surface area contributed by atoms with Crippen molar-refractivity contribution in [3.05, 3.63) is 64.7 Å². The van der Waals surface area contributed by atoms with Crippen LogP contribution in [0.5, 0.6) is 5.75 Å². The van der Waals surface area contributed by atoms with Crippen LogP contribution in [0.3, 0.4) is 0 Å². The zero-order valence-corrected chi connectivity index (χ0v) is 19.1. The molecule has 2 aromatic carbocycles. The highest BCUT2D eigenvalue weighted by atomic mass is 16.3. The molecule has 2 atom stereocenters. The fourth-order valence-electron chi connectivity index (χ4n) is 3.75. The summed E-state index contributed by atoms with van der Waals surface area (Å²) in [6.07, 6.45) is 2.06. The Morgan fingerprint density at radius 2 is 1.72 bits per heavy atom. The Morgan fingerprint density at radius 3 is 2.31 bits per heavy atom. The number of rotatable bonds is 11. The van der Waals surface area contributed by atoms with Gasteiger partial charge in [-0.15, -0.1) is 0 Å². The van der Waals surface area contributed by atoms with Crippen molar-refractivity contribution in [3.63, 3.8) is 0 Å². The van der Waals surface area contributed by atoms with Gasteiger partial charge >= 0.3 is 0 Å². The van der Waals surface area contributed by atoms with E-state index in [-0.39, 0.29) is 29.8 Å². The molecule has 0 heterocycles. The summed E-state index contributed by atoms with van der Waals surface area (Å²) in [4.78, 5) is 29.5. The molecule has 0 radical (unpaired) electrons. The molecule has 7 nitrogen and oxygen atoms in total. The third kappa shape index (κ3) is 7.72. The van der Waals surface area contributed by atoms with E-state index in [0.29, 0.717) is 13.0 Å². The smallest absolute Gasteiger partial charge is 0.223 e. The number of nitrogens with one attached hydrogen (secondary N) is 1. The average Bonchev–Trinajstić information content (AvgIpc) is 2.73. The molecule has 172 valence electrons. The predicted molar refractivity (Wildman–Crippen MR) is 127 cm³/mol. The van der Waals surface area contributed by atoms with Crippen LogP contribution in [0.15, 0.2) is 47.5 Å². The maximum absolute atomic E-state index is 13.0. The summed E-state index contributed by atoms with van der Waals surface area (Å²) in [7, 11) is 0. The second-order valence-corrected chi connectivity index (χ2v) is 8.28. The van der Waals surface area contributed by atoms with Crippen LogP contribution < -0.4 is 16.8 Å². The van der Waals surface area contributed by atoms with Crippen LogP contribution in [0.4, 0.5) is 0 Å². The number of carbonyl (C=O) groups is 2. The van der Waals surface area contributed by atoms with Gasteiger partial charge in [0.25, 0.3) is 0 Å². The standard InChI is InChI=1S/C25H34N4O3/c1-16-12-20(30)13-17(2)21(16)15-22(29-25(26)27)23(31)14-18(3)24(32)28-11-7-10-19-8-5-4-6-9-19/h4-6,8-9,12-13,18,22,30H,7,10-11,14-15H2,1-3H3,(H,28,32)(H4,26,27,29)/t18-,22-/m0/s1. The normalized spacial score (nSPS) is 12.6. The lowest BCUT2D eigenvalue weighted by atomic mass is 9.91. The summed E-state index contributed by atoms with van der Waals surface area (Å²) in [5, 5.41) is 12.7. The van der Waals surface area contributed by atoms with Crippen molar-refractivity contribution in [2.75, 3.05) is 6.54 Å². The molecule has 7 heteroatoms. The van der Waals surface area contributed by atoms with Gasteiger partial charge in [-0.25, -0.2) is 4.99 Å². The summed E-state index contributed by atoms with van der Waals surface area (Å²) in [5.74, 6) is -0.844. The van der Waals surface area contributed by atoms with Gasteiger partial charge in [0.1, 0.15) is 11.8 Å². The number of benzene rings is 2. The van der Waals surface area contributed by atoms with Crippen molar-refractivity contribution >= 4 is 17.6 Å². The molecule has 1 amide bonds. The van der Waals surface area contributed by atoms with Crippen LogP contribution in [0.25, 0.3) is 0 Å². The third-order valence-electron chi connectivity index (χ3n) is 5.49. The van der Waals surface area contributed by atoms with Gasteiger partial charge in [0.2, 0.25) is 5.91 Å². The summed E-state index contributed by atoms with van der Waals surface area (Å²) >= 11 is 0. The maximum atomic E-state index is 13.0. The van der Waals surface area contributed by atoms with Gasteiger partial charge in [0.05, 0.1) is 0 Å². The third-order valence-corrected chi connectivity index (χ3v) is 5.49. The highest BCUT2D eigenvalue weighted by molar-refractivity contribution is 5.91. The molecule has 0 aromatic heterocycles. The lowest BCUT2D eigenvalue weighted by molar-refractivity contribution is -0.129. The van der Waals surface area contributed by atoms with Gasteiger partial charge in [0, 0.05) is 25.3 Å². The van der Waals surface area contributed by atoms with Gasteiger partial charge in [-0.2, -0.15) is 0 Å². The Bertz CT molecular complexity index is 930. The number of hydrogen-bond acceptors (Lipinski definition) is 4. The molecule has 0 saturated heterocycles. The molecular formula is C25H34N4O3. The Morgan fingerprint density at radius 1 is 1.09 bits per heavy atom. The highest BCUT2D eigenvalue weighted by Crippen LogP contribution is 2.23. The number of nitrogens with two attached hydrogens (primary N) is 2. The van der Waals surface area contributed by atoms with E-state index >= 15 is 0 Å². The Kier molecular flexibility index (Phi) is 9.25. The zero-order chi connectivity index (χ0) is 23.7.